The van der Waals surface area contributed by atoms with Crippen molar-refractivity contribution in [2.75, 3.05) is 6.54 Å². The summed E-state index contributed by atoms with van der Waals surface area (Å²) in [6.07, 6.45) is 5.30. The molecule has 2 atom stereocenters. The van der Waals surface area contributed by atoms with E-state index in [2.05, 4.69) is 13.8 Å². The summed E-state index contributed by atoms with van der Waals surface area (Å²) in [5, 5.41) is 10.2. The maximum absolute atomic E-state index is 12.5. The van der Waals surface area contributed by atoms with Crippen LogP contribution in [-0.4, -0.2) is 28.5 Å². The summed E-state index contributed by atoms with van der Waals surface area (Å²) < 4.78 is 5.24. The largest absolute Gasteiger partial charge is 0.467 e. The van der Waals surface area contributed by atoms with Gasteiger partial charge in [-0.2, -0.15) is 0 Å². The zero-order valence-electron chi connectivity index (χ0n) is 12.4. The molecule has 1 saturated heterocycles. The monoisotopic (exact) mass is 279 g/mol. The first-order chi connectivity index (χ1) is 9.67. The average Bonchev–Trinajstić information content (AvgIpc) is 3.11. The minimum Gasteiger partial charge on any atom is -0.467 e. The van der Waals surface area contributed by atoms with E-state index < -0.39 is 6.10 Å². The quantitative estimate of drug-likeness (QED) is 0.870. The molecule has 1 aliphatic heterocycles. The van der Waals surface area contributed by atoms with Gasteiger partial charge >= 0.3 is 0 Å². The maximum atomic E-state index is 12.5. The van der Waals surface area contributed by atoms with Crippen LogP contribution >= 0.6 is 0 Å². The van der Waals surface area contributed by atoms with Crippen LogP contribution in [0.25, 0.3) is 0 Å². The molecule has 1 N–H and O–H groups in total. The second kappa shape index (κ2) is 6.93. The second-order valence-corrected chi connectivity index (χ2v) is 5.61. The van der Waals surface area contributed by atoms with Crippen LogP contribution in [-0.2, 0) is 4.79 Å². The van der Waals surface area contributed by atoms with Crippen LogP contribution in [0.1, 0.15) is 57.8 Å². The van der Waals surface area contributed by atoms with Crippen LogP contribution in [0.4, 0.5) is 0 Å². The second-order valence-electron chi connectivity index (χ2n) is 5.61. The molecule has 0 saturated carbocycles. The van der Waals surface area contributed by atoms with Gasteiger partial charge in [-0.1, -0.05) is 13.8 Å². The van der Waals surface area contributed by atoms with E-state index in [9.17, 15) is 9.90 Å². The highest BCUT2D eigenvalue weighted by Gasteiger charge is 2.33. The van der Waals surface area contributed by atoms with Crippen LogP contribution in [0.3, 0.4) is 0 Å². The Bertz CT molecular complexity index is 411. The first-order valence-electron chi connectivity index (χ1n) is 7.69. The number of nitrogens with zero attached hydrogens (tertiary/aromatic N) is 1. The van der Waals surface area contributed by atoms with Crippen LogP contribution in [0.15, 0.2) is 22.8 Å². The van der Waals surface area contributed by atoms with E-state index in [1.807, 2.05) is 4.90 Å². The van der Waals surface area contributed by atoms with E-state index in [1.165, 1.54) is 0 Å². The van der Waals surface area contributed by atoms with Gasteiger partial charge < -0.3 is 14.4 Å². The molecule has 1 aromatic rings. The summed E-state index contributed by atoms with van der Waals surface area (Å²) >= 11 is 0. The molecule has 112 valence electrons. The summed E-state index contributed by atoms with van der Waals surface area (Å²) in [6, 6.07) is 3.70. The van der Waals surface area contributed by atoms with Crippen molar-refractivity contribution in [2.45, 2.75) is 58.1 Å². The predicted molar refractivity (Wildman–Crippen MR) is 77.1 cm³/mol. The highest BCUT2D eigenvalue weighted by Crippen LogP contribution is 2.29. The molecule has 0 unspecified atom stereocenters. The molecule has 0 aliphatic carbocycles. The number of aliphatic hydroxyl groups excluding tert-OH is 1. The van der Waals surface area contributed by atoms with E-state index in [-0.39, 0.29) is 17.9 Å². The Hall–Kier alpha value is -1.29. The SMILES string of the molecule is CCC(CC)C(=O)N1CCC[C@@H]1C[C@@H](O)c1ccco1. The lowest BCUT2D eigenvalue weighted by Crippen LogP contribution is -2.40. The van der Waals surface area contributed by atoms with Gasteiger partial charge in [0.15, 0.2) is 0 Å². The number of amides is 1. The van der Waals surface area contributed by atoms with E-state index >= 15 is 0 Å². The Balaban J connectivity index is 1.98. The molecule has 2 rings (SSSR count). The summed E-state index contributed by atoms with van der Waals surface area (Å²) in [4.78, 5) is 14.5. The van der Waals surface area contributed by atoms with Gasteiger partial charge in [-0.3, -0.25) is 4.79 Å². The van der Waals surface area contributed by atoms with Crippen molar-refractivity contribution >= 4 is 5.91 Å². The number of carbonyl (C=O) groups excluding carboxylic acids is 1. The van der Waals surface area contributed by atoms with Crippen LogP contribution in [0.2, 0.25) is 0 Å². The Morgan fingerprint density at radius 3 is 2.85 bits per heavy atom. The van der Waals surface area contributed by atoms with Gasteiger partial charge in [-0.25, -0.2) is 0 Å². The number of aliphatic hydroxyl groups is 1. The summed E-state index contributed by atoms with van der Waals surface area (Å²) in [5.41, 5.74) is 0. The molecule has 1 amide bonds. The van der Waals surface area contributed by atoms with Gasteiger partial charge in [0.1, 0.15) is 11.9 Å². The molecule has 0 bridgehead atoms. The minimum atomic E-state index is -0.620. The molecular formula is C16H25NO3. The van der Waals surface area contributed by atoms with Crippen LogP contribution < -0.4 is 0 Å². The van der Waals surface area contributed by atoms with Crippen molar-refractivity contribution < 1.29 is 14.3 Å². The normalized spacial score (nSPS) is 20.6. The summed E-state index contributed by atoms with van der Waals surface area (Å²) in [7, 11) is 0. The van der Waals surface area contributed by atoms with Gasteiger partial charge in [0.05, 0.1) is 6.26 Å². The topological polar surface area (TPSA) is 53.7 Å². The zero-order valence-corrected chi connectivity index (χ0v) is 12.4. The molecule has 20 heavy (non-hydrogen) atoms. The first-order valence-corrected chi connectivity index (χ1v) is 7.69. The summed E-state index contributed by atoms with van der Waals surface area (Å²) in [5.74, 6) is 0.965. The Morgan fingerprint density at radius 2 is 2.25 bits per heavy atom. The Labute approximate surface area is 120 Å². The van der Waals surface area contributed by atoms with Gasteiger partial charge in [-0.05, 0) is 37.8 Å². The van der Waals surface area contributed by atoms with E-state index in [0.717, 1.165) is 32.2 Å². The molecule has 0 aromatic carbocycles. The lowest BCUT2D eigenvalue weighted by Gasteiger charge is -2.29. The highest BCUT2D eigenvalue weighted by molar-refractivity contribution is 5.79. The highest BCUT2D eigenvalue weighted by atomic mass is 16.4. The van der Waals surface area contributed by atoms with Crippen molar-refractivity contribution in [3.63, 3.8) is 0 Å². The lowest BCUT2D eigenvalue weighted by molar-refractivity contribution is -0.137. The first kappa shape index (κ1) is 15.1. The van der Waals surface area contributed by atoms with Gasteiger partial charge in [0, 0.05) is 24.9 Å². The van der Waals surface area contributed by atoms with Crippen LogP contribution in [0.5, 0.6) is 0 Å². The fraction of sp³-hybridized carbons (Fsp3) is 0.688. The Morgan fingerprint density at radius 1 is 1.50 bits per heavy atom. The van der Waals surface area contributed by atoms with Crippen molar-refractivity contribution in [2.24, 2.45) is 5.92 Å². The number of likely N-dealkylation sites (tertiary alicyclic amines) is 1. The molecule has 1 fully saturated rings. The zero-order chi connectivity index (χ0) is 14.5. The van der Waals surface area contributed by atoms with Crippen molar-refractivity contribution in [1.29, 1.82) is 0 Å². The molecule has 4 nitrogen and oxygen atoms in total. The van der Waals surface area contributed by atoms with E-state index in [4.69, 9.17) is 4.42 Å². The van der Waals surface area contributed by atoms with Crippen molar-refractivity contribution in [1.82, 2.24) is 4.90 Å². The van der Waals surface area contributed by atoms with E-state index in [0.29, 0.717) is 12.2 Å². The molecule has 1 aromatic heterocycles. The summed E-state index contributed by atoms with van der Waals surface area (Å²) in [6.45, 7) is 4.95. The molecule has 4 heteroatoms. The fourth-order valence-corrected chi connectivity index (χ4v) is 3.10. The fourth-order valence-electron chi connectivity index (χ4n) is 3.10. The molecule has 0 radical (unpaired) electrons. The molecule has 0 spiro atoms. The number of hydrogen-bond acceptors (Lipinski definition) is 3. The average molecular weight is 279 g/mol. The molecule has 1 aliphatic rings. The van der Waals surface area contributed by atoms with Crippen molar-refractivity contribution in [3.8, 4) is 0 Å². The third-order valence-electron chi connectivity index (χ3n) is 4.36. The standard InChI is InChI=1S/C16H25NO3/c1-3-12(4-2)16(19)17-9-5-7-13(17)11-14(18)15-8-6-10-20-15/h6,8,10,12-14,18H,3-5,7,9,11H2,1-2H3/t13-,14-/m1/s1. The van der Waals surface area contributed by atoms with Gasteiger partial charge in [0.2, 0.25) is 5.91 Å². The Kier molecular flexibility index (Phi) is 5.24. The third-order valence-corrected chi connectivity index (χ3v) is 4.36. The number of hydrogen-bond donors (Lipinski definition) is 1. The number of rotatable bonds is 6. The van der Waals surface area contributed by atoms with Crippen molar-refractivity contribution in [3.05, 3.63) is 24.2 Å². The minimum absolute atomic E-state index is 0.122. The number of carbonyl (C=O) groups is 1. The van der Waals surface area contributed by atoms with Gasteiger partial charge in [0.25, 0.3) is 0 Å². The predicted octanol–water partition coefficient (Wildman–Crippen LogP) is 3.13. The third kappa shape index (κ3) is 3.23. The smallest absolute Gasteiger partial charge is 0.225 e. The molecule has 2 heterocycles. The number of furan rings is 1. The van der Waals surface area contributed by atoms with Crippen LogP contribution in [0, 0.1) is 5.92 Å². The van der Waals surface area contributed by atoms with E-state index in [1.54, 1.807) is 18.4 Å². The lowest BCUT2D eigenvalue weighted by atomic mass is 9.99. The maximum Gasteiger partial charge on any atom is 0.225 e. The van der Waals surface area contributed by atoms with Gasteiger partial charge in [-0.15, -0.1) is 0 Å². The molecular weight excluding hydrogens is 254 g/mol.